The predicted molar refractivity (Wildman–Crippen MR) is 54.0 cm³/mol. The van der Waals surface area contributed by atoms with Gasteiger partial charge in [0.15, 0.2) is 0 Å². The Hall–Kier alpha value is -1.65. The Bertz CT molecular complexity index is 391. The van der Waals surface area contributed by atoms with Gasteiger partial charge in [0, 0.05) is 11.1 Å². The Balaban J connectivity index is 3.16. The van der Waals surface area contributed by atoms with Gasteiger partial charge in [-0.15, -0.1) is 0 Å². The fourth-order valence-corrected chi connectivity index (χ4v) is 1.35. The number of carbonyl (C=O) groups is 1. The van der Waals surface area contributed by atoms with E-state index in [9.17, 15) is 13.6 Å². The summed E-state index contributed by atoms with van der Waals surface area (Å²) in [6, 6.07) is 3.74. The molecule has 0 fully saturated rings. The van der Waals surface area contributed by atoms with Gasteiger partial charge in [-0.1, -0.05) is 12.1 Å². The molecule has 5 heteroatoms. The van der Waals surface area contributed by atoms with Gasteiger partial charge in [0.2, 0.25) is 0 Å². The summed E-state index contributed by atoms with van der Waals surface area (Å²) in [6.45, 7) is 1.47. The third-order valence-corrected chi connectivity index (χ3v) is 2.35. The summed E-state index contributed by atoms with van der Waals surface area (Å²) < 4.78 is 29.7. The summed E-state index contributed by atoms with van der Waals surface area (Å²) in [5, 5.41) is 8.83. The highest BCUT2D eigenvalue weighted by Crippen LogP contribution is 2.31. The monoisotopic (exact) mass is 230 g/mol. The van der Waals surface area contributed by atoms with Crippen LogP contribution in [0.3, 0.4) is 0 Å². The first-order valence-corrected chi connectivity index (χ1v) is 4.66. The van der Waals surface area contributed by atoms with Gasteiger partial charge in [-0.3, -0.25) is 4.79 Å². The smallest absolute Gasteiger partial charge is 0.310 e. The first-order valence-electron chi connectivity index (χ1n) is 4.66. The van der Waals surface area contributed by atoms with Gasteiger partial charge < -0.3 is 9.84 Å². The van der Waals surface area contributed by atoms with E-state index >= 15 is 0 Å². The fraction of sp³-hybridized carbons (Fsp3) is 0.364. The highest BCUT2D eigenvalue weighted by Gasteiger charge is 2.19. The summed E-state index contributed by atoms with van der Waals surface area (Å²) in [7, 11) is 1.32. The van der Waals surface area contributed by atoms with E-state index in [-0.39, 0.29) is 11.3 Å². The topological polar surface area (TPSA) is 46.5 Å². The van der Waals surface area contributed by atoms with E-state index in [1.54, 1.807) is 0 Å². The molecule has 88 valence electrons. The quantitative estimate of drug-likeness (QED) is 0.865. The van der Waals surface area contributed by atoms with Crippen LogP contribution in [0.5, 0.6) is 5.75 Å². The van der Waals surface area contributed by atoms with E-state index < -0.39 is 18.3 Å². The van der Waals surface area contributed by atoms with Crippen molar-refractivity contribution in [2.45, 2.75) is 19.3 Å². The molecule has 0 aliphatic rings. The molecular formula is C11H12F2O3. The number of methoxy groups -OCH3 is 1. The van der Waals surface area contributed by atoms with Crippen LogP contribution in [0.2, 0.25) is 0 Å². The summed E-state index contributed by atoms with van der Waals surface area (Å²) >= 11 is 0. The van der Waals surface area contributed by atoms with E-state index in [4.69, 9.17) is 9.84 Å². The van der Waals surface area contributed by atoms with Crippen molar-refractivity contribution >= 4 is 5.97 Å². The van der Waals surface area contributed by atoms with Crippen LogP contribution in [-0.4, -0.2) is 18.2 Å². The van der Waals surface area contributed by atoms with Crippen molar-refractivity contribution < 1.29 is 23.4 Å². The second kappa shape index (κ2) is 4.92. The third-order valence-electron chi connectivity index (χ3n) is 2.35. The van der Waals surface area contributed by atoms with Gasteiger partial charge in [0.1, 0.15) is 5.75 Å². The minimum absolute atomic E-state index is 0.174. The van der Waals surface area contributed by atoms with Crippen LogP contribution in [0.15, 0.2) is 18.2 Å². The Morgan fingerprint density at radius 2 is 2.06 bits per heavy atom. The van der Waals surface area contributed by atoms with E-state index in [1.807, 2.05) is 0 Å². The van der Waals surface area contributed by atoms with Crippen LogP contribution < -0.4 is 4.74 Å². The molecule has 1 rings (SSSR count). The zero-order valence-corrected chi connectivity index (χ0v) is 8.91. The molecular weight excluding hydrogens is 218 g/mol. The van der Waals surface area contributed by atoms with Gasteiger partial charge in [-0.05, 0) is 13.0 Å². The van der Waals surface area contributed by atoms with Crippen molar-refractivity contribution in [3.05, 3.63) is 29.3 Å². The van der Waals surface area contributed by atoms with Gasteiger partial charge in [-0.25, -0.2) is 8.78 Å². The molecule has 1 atom stereocenters. The van der Waals surface area contributed by atoms with E-state index in [2.05, 4.69) is 0 Å². The van der Waals surface area contributed by atoms with Crippen LogP contribution in [-0.2, 0) is 4.79 Å². The molecule has 0 amide bonds. The lowest BCUT2D eigenvalue weighted by Crippen LogP contribution is -2.09. The SMILES string of the molecule is COc1cc(C(F)F)ccc1C(C)C(=O)O. The summed E-state index contributed by atoms with van der Waals surface area (Å²) in [6.07, 6.45) is -2.59. The molecule has 0 bridgehead atoms. The number of halogens is 2. The number of hydrogen-bond donors (Lipinski definition) is 1. The highest BCUT2D eigenvalue weighted by atomic mass is 19.3. The maximum atomic E-state index is 12.4. The molecule has 0 saturated heterocycles. The number of hydrogen-bond acceptors (Lipinski definition) is 2. The molecule has 1 unspecified atom stereocenters. The second-order valence-electron chi connectivity index (χ2n) is 3.36. The van der Waals surface area contributed by atoms with Crippen LogP contribution in [0.4, 0.5) is 8.78 Å². The van der Waals surface area contributed by atoms with Gasteiger partial charge in [0.05, 0.1) is 13.0 Å². The van der Waals surface area contributed by atoms with E-state index in [0.29, 0.717) is 5.56 Å². The average molecular weight is 230 g/mol. The molecule has 0 aromatic heterocycles. The molecule has 1 aromatic rings. The number of alkyl halides is 2. The average Bonchev–Trinajstić information content (AvgIpc) is 2.26. The normalized spacial score (nSPS) is 12.6. The predicted octanol–water partition coefficient (Wildman–Crippen LogP) is 2.82. The molecule has 3 nitrogen and oxygen atoms in total. The van der Waals surface area contributed by atoms with Crippen LogP contribution in [0.25, 0.3) is 0 Å². The lowest BCUT2D eigenvalue weighted by molar-refractivity contribution is -0.138. The number of aliphatic carboxylic acids is 1. The van der Waals surface area contributed by atoms with Gasteiger partial charge >= 0.3 is 5.97 Å². The van der Waals surface area contributed by atoms with Crippen LogP contribution in [0, 0.1) is 0 Å². The number of rotatable bonds is 4. The maximum Gasteiger partial charge on any atom is 0.310 e. The summed E-state index contributed by atoms with van der Waals surface area (Å²) in [5.41, 5.74) is 0.206. The molecule has 16 heavy (non-hydrogen) atoms. The van der Waals surface area contributed by atoms with Crippen LogP contribution >= 0.6 is 0 Å². The molecule has 1 N–H and O–H groups in total. The largest absolute Gasteiger partial charge is 0.496 e. The van der Waals surface area contributed by atoms with Crippen molar-refractivity contribution in [3.63, 3.8) is 0 Å². The second-order valence-corrected chi connectivity index (χ2v) is 3.36. The standard InChI is InChI=1S/C11H12F2O3/c1-6(11(14)15)8-4-3-7(10(12)13)5-9(8)16-2/h3-6,10H,1-2H3,(H,14,15). The van der Waals surface area contributed by atoms with E-state index in [0.717, 1.165) is 0 Å². The zero-order valence-electron chi connectivity index (χ0n) is 8.91. The van der Waals surface area contributed by atoms with Crippen molar-refractivity contribution in [2.75, 3.05) is 7.11 Å². The van der Waals surface area contributed by atoms with Crippen molar-refractivity contribution in [1.29, 1.82) is 0 Å². The molecule has 0 heterocycles. The molecule has 0 aliphatic carbocycles. The first kappa shape index (κ1) is 12.4. The van der Waals surface area contributed by atoms with Crippen molar-refractivity contribution in [2.24, 2.45) is 0 Å². The fourth-order valence-electron chi connectivity index (χ4n) is 1.35. The zero-order chi connectivity index (χ0) is 12.3. The molecule has 0 radical (unpaired) electrons. The Labute approximate surface area is 91.7 Å². The third kappa shape index (κ3) is 2.48. The van der Waals surface area contributed by atoms with Crippen LogP contribution in [0.1, 0.15) is 30.4 Å². The van der Waals surface area contributed by atoms with Crippen molar-refractivity contribution in [1.82, 2.24) is 0 Å². The number of carboxylic acid groups (broad SMARTS) is 1. The molecule has 0 saturated carbocycles. The lowest BCUT2D eigenvalue weighted by Gasteiger charge is -2.13. The lowest BCUT2D eigenvalue weighted by atomic mass is 9.99. The molecule has 1 aromatic carbocycles. The number of carboxylic acids is 1. The molecule has 0 aliphatic heterocycles. The Morgan fingerprint density at radius 3 is 2.50 bits per heavy atom. The number of ether oxygens (including phenoxy) is 1. The van der Waals surface area contributed by atoms with Crippen molar-refractivity contribution in [3.8, 4) is 5.75 Å². The Kier molecular flexibility index (Phi) is 3.82. The molecule has 0 spiro atoms. The van der Waals surface area contributed by atoms with E-state index in [1.165, 1.54) is 32.2 Å². The minimum Gasteiger partial charge on any atom is -0.496 e. The van der Waals surface area contributed by atoms with Gasteiger partial charge in [-0.2, -0.15) is 0 Å². The number of benzene rings is 1. The summed E-state index contributed by atoms with van der Waals surface area (Å²) in [4.78, 5) is 10.8. The minimum atomic E-state index is -2.59. The highest BCUT2D eigenvalue weighted by molar-refractivity contribution is 5.76. The van der Waals surface area contributed by atoms with Gasteiger partial charge in [0.25, 0.3) is 6.43 Å². The summed E-state index contributed by atoms with van der Waals surface area (Å²) in [5.74, 6) is -1.64. The maximum absolute atomic E-state index is 12.4. The Morgan fingerprint density at radius 1 is 1.44 bits per heavy atom. The first-order chi connectivity index (χ1) is 7.47.